The number of carbonyl (C=O) groups is 1. The Bertz CT molecular complexity index is 1210. The molecule has 7 nitrogen and oxygen atoms in total. The fourth-order valence-electron chi connectivity index (χ4n) is 3.16. The van der Waals surface area contributed by atoms with Crippen molar-refractivity contribution < 1.29 is 23.4 Å². The Labute approximate surface area is 191 Å². The second-order valence-corrected chi connectivity index (χ2v) is 9.61. The van der Waals surface area contributed by atoms with Gasteiger partial charge in [-0.15, -0.1) is 0 Å². The van der Waals surface area contributed by atoms with E-state index < -0.39 is 21.9 Å². The number of rotatable bonds is 9. The lowest BCUT2D eigenvalue weighted by Crippen LogP contribution is -2.23. The summed E-state index contributed by atoms with van der Waals surface area (Å²) in [5, 5.41) is 23.1. The SMILES string of the molecule is Nc1ccc(S(=O)(=O)c2ccc(CCNC[C@@H](O)c3cccc(Cl)c3)cc2)cc1C(=O)O. The van der Waals surface area contributed by atoms with Gasteiger partial charge >= 0.3 is 5.97 Å². The van der Waals surface area contributed by atoms with Gasteiger partial charge in [0.05, 0.1) is 21.5 Å². The molecule has 32 heavy (non-hydrogen) atoms. The van der Waals surface area contributed by atoms with Crippen LogP contribution in [-0.2, 0) is 16.3 Å². The van der Waals surface area contributed by atoms with Crippen LogP contribution in [0.15, 0.2) is 76.5 Å². The summed E-state index contributed by atoms with van der Waals surface area (Å²) in [5.41, 5.74) is 6.99. The summed E-state index contributed by atoms with van der Waals surface area (Å²) in [6.07, 6.45) is -0.0509. The topological polar surface area (TPSA) is 130 Å². The van der Waals surface area contributed by atoms with Gasteiger partial charge in [0.2, 0.25) is 9.84 Å². The summed E-state index contributed by atoms with van der Waals surface area (Å²) >= 11 is 5.94. The molecule has 0 spiro atoms. The molecule has 0 bridgehead atoms. The van der Waals surface area contributed by atoms with E-state index in [4.69, 9.17) is 17.3 Å². The summed E-state index contributed by atoms with van der Waals surface area (Å²) in [5.74, 6) is -1.29. The van der Waals surface area contributed by atoms with E-state index in [-0.39, 0.29) is 21.0 Å². The Morgan fingerprint density at radius 1 is 1.03 bits per heavy atom. The monoisotopic (exact) mass is 474 g/mol. The summed E-state index contributed by atoms with van der Waals surface area (Å²) in [6.45, 7) is 0.944. The molecular formula is C23H23ClN2O5S. The van der Waals surface area contributed by atoms with Crippen LogP contribution in [0.3, 0.4) is 0 Å². The zero-order valence-electron chi connectivity index (χ0n) is 17.0. The van der Waals surface area contributed by atoms with E-state index in [0.717, 1.165) is 17.2 Å². The van der Waals surface area contributed by atoms with Crippen LogP contribution in [0.25, 0.3) is 0 Å². The Morgan fingerprint density at radius 2 is 1.72 bits per heavy atom. The number of hydrogen-bond donors (Lipinski definition) is 4. The van der Waals surface area contributed by atoms with Crippen LogP contribution in [0, 0.1) is 0 Å². The number of anilines is 1. The molecule has 0 aromatic heterocycles. The molecule has 0 heterocycles. The minimum Gasteiger partial charge on any atom is -0.478 e. The number of aromatic carboxylic acids is 1. The summed E-state index contributed by atoms with van der Waals surface area (Å²) in [7, 11) is -3.88. The minimum absolute atomic E-state index is 0.000205. The van der Waals surface area contributed by atoms with Crippen molar-refractivity contribution in [3.8, 4) is 0 Å². The normalized spacial score (nSPS) is 12.4. The fraction of sp³-hybridized carbons (Fsp3) is 0.174. The average Bonchev–Trinajstić information content (AvgIpc) is 2.77. The van der Waals surface area contributed by atoms with Crippen molar-refractivity contribution in [2.75, 3.05) is 18.8 Å². The number of sulfone groups is 1. The summed E-state index contributed by atoms with van der Waals surface area (Å²) < 4.78 is 25.7. The van der Waals surface area contributed by atoms with Crippen LogP contribution >= 0.6 is 11.6 Å². The van der Waals surface area contributed by atoms with E-state index in [2.05, 4.69) is 5.32 Å². The van der Waals surface area contributed by atoms with Gasteiger partial charge in [-0.25, -0.2) is 13.2 Å². The summed E-state index contributed by atoms with van der Waals surface area (Å²) in [4.78, 5) is 11.2. The van der Waals surface area contributed by atoms with Gasteiger partial charge in [0.15, 0.2) is 0 Å². The molecule has 0 aliphatic heterocycles. The third-order valence-electron chi connectivity index (χ3n) is 4.96. The molecule has 0 unspecified atom stereocenters. The van der Waals surface area contributed by atoms with Crippen molar-refractivity contribution in [3.05, 3.63) is 88.4 Å². The Morgan fingerprint density at radius 3 is 2.38 bits per heavy atom. The van der Waals surface area contributed by atoms with E-state index >= 15 is 0 Å². The zero-order valence-corrected chi connectivity index (χ0v) is 18.6. The second kappa shape index (κ2) is 10.1. The maximum atomic E-state index is 12.8. The lowest BCUT2D eigenvalue weighted by atomic mass is 10.1. The van der Waals surface area contributed by atoms with Crippen LogP contribution in [0.2, 0.25) is 5.02 Å². The molecule has 3 aromatic carbocycles. The van der Waals surface area contributed by atoms with Crippen LogP contribution in [0.4, 0.5) is 5.69 Å². The molecule has 0 aliphatic carbocycles. The highest BCUT2D eigenvalue weighted by molar-refractivity contribution is 7.91. The Kier molecular flexibility index (Phi) is 7.52. The lowest BCUT2D eigenvalue weighted by Gasteiger charge is -2.13. The first-order chi connectivity index (χ1) is 15.2. The van der Waals surface area contributed by atoms with E-state index in [1.165, 1.54) is 24.3 Å². The zero-order chi connectivity index (χ0) is 23.3. The van der Waals surface area contributed by atoms with E-state index in [0.29, 0.717) is 24.5 Å². The number of hydrogen-bond acceptors (Lipinski definition) is 6. The molecule has 0 radical (unpaired) electrons. The maximum Gasteiger partial charge on any atom is 0.337 e. The van der Waals surface area contributed by atoms with Crippen LogP contribution in [0.1, 0.15) is 27.6 Å². The van der Waals surface area contributed by atoms with Crippen molar-refractivity contribution in [1.29, 1.82) is 0 Å². The average molecular weight is 475 g/mol. The standard InChI is InChI=1S/C23H23ClN2O5S/c24-17-3-1-2-16(12-17)22(27)14-26-11-10-15-4-6-18(7-5-15)32(30,31)19-8-9-21(25)20(13-19)23(28)29/h1-9,12-13,22,26-27H,10-11,14,25H2,(H,28,29)/t22-/m1/s1. The van der Waals surface area contributed by atoms with Gasteiger partial charge in [0.1, 0.15) is 0 Å². The first-order valence-electron chi connectivity index (χ1n) is 9.79. The third-order valence-corrected chi connectivity index (χ3v) is 6.96. The summed E-state index contributed by atoms with van der Waals surface area (Å²) in [6, 6.07) is 17.1. The molecule has 168 valence electrons. The Balaban J connectivity index is 1.60. The first kappa shape index (κ1) is 23.7. The van der Waals surface area contributed by atoms with E-state index in [1.807, 2.05) is 0 Å². The lowest BCUT2D eigenvalue weighted by molar-refractivity contribution is 0.0697. The van der Waals surface area contributed by atoms with Crippen molar-refractivity contribution in [3.63, 3.8) is 0 Å². The molecule has 3 aromatic rings. The number of carboxylic acids is 1. The molecule has 9 heteroatoms. The number of benzene rings is 3. The smallest absolute Gasteiger partial charge is 0.337 e. The number of aliphatic hydroxyl groups excluding tert-OH is 1. The molecule has 0 fully saturated rings. The van der Waals surface area contributed by atoms with Crippen molar-refractivity contribution in [2.24, 2.45) is 0 Å². The highest BCUT2D eigenvalue weighted by Gasteiger charge is 2.20. The molecule has 0 saturated heterocycles. The number of carboxylic acid groups (broad SMARTS) is 1. The number of nitrogens with two attached hydrogens (primary N) is 1. The number of nitrogens with one attached hydrogen (secondary N) is 1. The van der Waals surface area contributed by atoms with Gasteiger partial charge in [0, 0.05) is 17.3 Å². The second-order valence-electron chi connectivity index (χ2n) is 7.23. The molecular weight excluding hydrogens is 452 g/mol. The quantitative estimate of drug-likeness (QED) is 0.276. The number of aliphatic hydroxyl groups is 1. The van der Waals surface area contributed by atoms with Gasteiger partial charge in [-0.1, -0.05) is 35.9 Å². The van der Waals surface area contributed by atoms with E-state index in [1.54, 1.807) is 36.4 Å². The molecule has 5 N–H and O–H groups in total. The molecule has 0 amide bonds. The van der Waals surface area contributed by atoms with Gasteiger partial charge in [0.25, 0.3) is 0 Å². The van der Waals surface area contributed by atoms with E-state index in [9.17, 15) is 23.4 Å². The third kappa shape index (κ3) is 5.66. The largest absolute Gasteiger partial charge is 0.478 e. The van der Waals surface area contributed by atoms with Crippen molar-refractivity contribution in [2.45, 2.75) is 22.3 Å². The molecule has 1 atom stereocenters. The predicted molar refractivity (Wildman–Crippen MR) is 123 cm³/mol. The van der Waals surface area contributed by atoms with Crippen LogP contribution < -0.4 is 11.1 Å². The van der Waals surface area contributed by atoms with Gasteiger partial charge < -0.3 is 21.3 Å². The molecule has 3 rings (SSSR count). The maximum absolute atomic E-state index is 12.8. The van der Waals surface area contributed by atoms with Crippen LogP contribution in [0.5, 0.6) is 0 Å². The molecule has 0 saturated carbocycles. The Hall–Kier alpha value is -2.91. The van der Waals surface area contributed by atoms with Crippen molar-refractivity contribution in [1.82, 2.24) is 5.32 Å². The van der Waals surface area contributed by atoms with Gasteiger partial charge in [-0.05, 0) is 66.6 Å². The van der Waals surface area contributed by atoms with Crippen molar-refractivity contribution >= 4 is 33.1 Å². The number of nitrogen functional groups attached to an aromatic ring is 1. The molecule has 0 aliphatic rings. The highest BCUT2D eigenvalue weighted by Crippen LogP contribution is 2.25. The number of halogens is 1. The van der Waals surface area contributed by atoms with Gasteiger partial charge in [-0.3, -0.25) is 0 Å². The predicted octanol–water partition coefficient (Wildman–Crippen LogP) is 3.32. The van der Waals surface area contributed by atoms with Gasteiger partial charge in [-0.2, -0.15) is 0 Å². The minimum atomic E-state index is -3.88. The first-order valence-corrected chi connectivity index (χ1v) is 11.7. The highest BCUT2D eigenvalue weighted by atomic mass is 35.5. The fourth-order valence-corrected chi connectivity index (χ4v) is 4.65. The van der Waals surface area contributed by atoms with Crippen LogP contribution in [-0.4, -0.2) is 37.7 Å².